The van der Waals surface area contributed by atoms with Crippen LogP contribution >= 0.6 is 0 Å². The van der Waals surface area contributed by atoms with Crippen molar-refractivity contribution >= 4 is 12.2 Å². The Hall–Kier alpha value is -2.28. The number of amides is 2. The molecule has 0 aromatic heterocycles. The van der Waals surface area contributed by atoms with Crippen LogP contribution in [0.2, 0.25) is 0 Å². The highest BCUT2D eigenvalue weighted by molar-refractivity contribution is 5.68. The zero-order valence-corrected chi connectivity index (χ0v) is 19.1. The van der Waals surface area contributed by atoms with Crippen molar-refractivity contribution < 1.29 is 19.1 Å². The summed E-state index contributed by atoms with van der Waals surface area (Å²) in [6.45, 7) is 10.2. The van der Waals surface area contributed by atoms with Crippen molar-refractivity contribution in [3.63, 3.8) is 0 Å². The lowest BCUT2D eigenvalue weighted by atomic mass is 9.93. The fraction of sp³-hybridized carbons (Fsp3) is 0.667. The molecule has 31 heavy (non-hydrogen) atoms. The van der Waals surface area contributed by atoms with Gasteiger partial charge in [0.25, 0.3) is 0 Å². The van der Waals surface area contributed by atoms with Crippen LogP contribution in [0.25, 0.3) is 0 Å². The molecular weight excluding hydrogens is 394 g/mol. The highest BCUT2D eigenvalue weighted by Gasteiger charge is 2.30. The van der Waals surface area contributed by atoms with Gasteiger partial charge in [-0.05, 0) is 71.0 Å². The van der Waals surface area contributed by atoms with Crippen LogP contribution in [0.1, 0.15) is 52.0 Å². The standard InChI is InChI=1S/C24H37N3O4/c1-24(2,3)31-22(28)25-17-19-9-13-26(14-10-19)21-11-15-27(16-12-21)23(29)30-18-20-7-5-4-6-8-20/h4-8,19,21H,9-18H2,1-3H3,(H,25,28). The van der Waals surface area contributed by atoms with E-state index in [9.17, 15) is 9.59 Å². The molecule has 0 aliphatic carbocycles. The molecule has 2 aliphatic heterocycles. The molecule has 2 heterocycles. The fourth-order valence-corrected chi connectivity index (χ4v) is 4.29. The van der Waals surface area contributed by atoms with Crippen LogP contribution in [-0.2, 0) is 16.1 Å². The average molecular weight is 432 g/mol. The summed E-state index contributed by atoms with van der Waals surface area (Å²) < 4.78 is 10.8. The van der Waals surface area contributed by atoms with Gasteiger partial charge in [0.1, 0.15) is 12.2 Å². The second-order valence-corrected chi connectivity index (χ2v) is 9.62. The molecule has 7 heteroatoms. The highest BCUT2D eigenvalue weighted by atomic mass is 16.6. The molecule has 172 valence electrons. The predicted molar refractivity (Wildman–Crippen MR) is 120 cm³/mol. The van der Waals surface area contributed by atoms with Crippen LogP contribution < -0.4 is 5.32 Å². The van der Waals surface area contributed by atoms with Gasteiger partial charge in [-0.3, -0.25) is 0 Å². The summed E-state index contributed by atoms with van der Waals surface area (Å²) >= 11 is 0. The third-order valence-corrected chi connectivity index (χ3v) is 6.03. The number of nitrogens with zero attached hydrogens (tertiary/aromatic N) is 2. The van der Waals surface area contributed by atoms with E-state index < -0.39 is 5.60 Å². The monoisotopic (exact) mass is 431 g/mol. The SMILES string of the molecule is CC(C)(C)OC(=O)NCC1CCN(C2CCN(C(=O)OCc3ccccc3)CC2)CC1. The average Bonchev–Trinajstić information content (AvgIpc) is 2.76. The fourth-order valence-electron chi connectivity index (χ4n) is 4.29. The Labute approximate surface area is 186 Å². The van der Waals surface area contributed by atoms with E-state index in [2.05, 4.69) is 10.2 Å². The van der Waals surface area contributed by atoms with E-state index in [1.54, 1.807) is 0 Å². The van der Waals surface area contributed by atoms with E-state index >= 15 is 0 Å². The number of rotatable bonds is 5. The number of hydrogen-bond donors (Lipinski definition) is 1. The molecule has 0 unspecified atom stereocenters. The van der Waals surface area contributed by atoms with Gasteiger partial charge in [-0.15, -0.1) is 0 Å². The zero-order valence-electron chi connectivity index (χ0n) is 19.1. The van der Waals surface area contributed by atoms with Gasteiger partial charge < -0.3 is 24.6 Å². The summed E-state index contributed by atoms with van der Waals surface area (Å²) in [5.41, 5.74) is 0.547. The summed E-state index contributed by atoms with van der Waals surface area (Å²) in [6, 6.07) is 10.3. The van der Waals surface area contributed by atoms with Gasteiger partial charge in [0.2, 0.25) is 0 Å². The molecule has 7 nitrogen and oxygen atoms in total. The van der Waals surface area contributed by atoms with Crippen LogP contribution in [0.3, 0.4) is 0 Å². The minimum absolute atomic E-state index is 0.214. The molecule has 0 spiro atoms. The predicted octanol–water partition coefficient (Wildman–Crippen LogP) is 4.02. The van der Waals surface area contributed by atoms with E-state index in [4.69, 9.17) is 9.47 Å². The van der Waals surface area contributed by atoms with Crippen molar-refractivity contribution in [3.8, 4) is 0 Å². The summed E-state index contributed by atoms with van der Waals surface area (Å²) in [5, 5.41) is 2.91. The second-order valence-electron chi connectivity index (χ2n) is 9.62. The van der Waals surface area contributed by atoms with Gasteiger partial charge in [0.15, 0.2) is 0 Å². The lowest BCUT2D eigenvalue weighted by Crippen LogP contribution is -2.49. The molecule has 1 aromatic carbocycles. The van der Waals surface area contributed by atoms with Gasteiger partial charge >= 0.3 is 12.2 Å². The summed E-state index contributed by atoms with van der Waals surface area (Å²) in [7, 11) is 0. The Morgan fingerprint density at radius 3 is 2.26 bits per heavy atom. The normalized spacial score (nSPS) is 19.1. The number of alkyl carbamates (subject to hydrolysis) is 1. The van der Waals surface area contributed by atoms with Crippen molar-refractivity contribution in [1.29, 1.82) is 0 Å². The lowest BCUT2D eigenvalue weighted by molar-refractivity contribution is 0.0467. The van der Waals surface area contributed by atoms with Crippen molar-refractivity contribution in [2.75, 3.05) is 32.7 Å². The van der Waals surface area contributed by atoms with Crippen molar-refractivity contribution in [2.24, 2.45) is 5.92 Å². The molecule has 2 amide bonds. The maximum absolute atomic E-state index is 12.4. The van der Waals surface area contributed by atoms with E-state index in [1.807, 2.05) is 56.0 Å². The van der Waals surface area contributed by atoms with Crippen LogP contribution in [0.15, 0.2) is 30.3 Å². The number of ether oxygens (including phenoxy) is 2. The van der Waals surface area contributed by atoms with Gasteiger partial charge in [0.05, 0.1) is 0 Å². The van der Waals surface area contributed by atoms with Crippen LogP contribution in [0, 0.1) is 5.92 Å². The first-order valence-electron chi connectivity index (χ1n) is 11.5. The maximum atomic E-state index is 12.4. The topological polar surface area (TPSA) is 71.1 Å². The van der Waals surface area contributed by atoms with Crippen LogP contribution in [0.4, 0.5) is 9.59 Å². The number of carbonyl (C=O) groups is 2. The maximum Gasteiger partial charge on any atom is 0.410 e. The number of nitrogens with one attached hydrogen (secondary N) is 1. The lowest BCUT2D eigenvalue weighted by Gasteiger charge is -2.41. The first-order valence-corrected chi connectivity index (χ1v) is 11.5. The molecule has 0 saturated carbocycles. The largest absolute Gasteiger partial charge is 0.445 e. The highest BCUT2D eigenvalue weighted by Crippen LogP contribution is 2.24. The Balaban J connectivity index is 1.32. The van der Waals surface area contributed by atoms with E-state index in [1.165, 1.54) is 0 Å². The zero-order chi connectivity index (χ0) is 22.3. The Kier molecular flexibility index (Phi) is 8.18. The third-order valence-electron chi connectivity index (χ3n) is 6.03. The molecule has 0 radical (unpaired) electrons. The minimum atomic E-state index is -0.462. The molecular formula is C24H37N3O4. The molecule has 2 aliphatic rings. The number of carbonyl (C=O) groups excluding carboxylic acids is 2. The van der Waals surface area contributed by atoms with Gasteiger partial charge in [-0.2, -0.15) is 0 Å². The summed E-state index contributed by atoms with van der Waals surface area (Å²) in [6.07, 6.45) is 3.59. The Morgan fingerprint density at radius 2 is 1.65 bits per heavy atom. The van der Waals surface area contributed by atoms with Crippen LogP contribution in [0.5, 0.6) is 0 Å². The van der Waals surface area contributed by atoms with Gasteiger partial charge in [-0.1, -0.05) is 30.3 Å². The smallest absolute Gasteiger partial charge is 0.410 e. The minimum Gasteiger partial charge on any atom is -0.445 e. The molecule has 2 saturated heterocycles. The molecule has 0 atom stereocenters. The van der Waals surface area contributed by atoms with E-state index in [0.29, 0.717) is 25.1 Å². The van der Waals surface area contributed by atoms with Crippen molar-refractivity contribution in [2.45, 2.75) is 64.7 Å². The summed E-state index contributed by atoms with van der Waals surface area (Å²) in [4.78, 5) is 28.6. The molecule has 1 N–H and O–H groups in total. The van der Waals surface area contributed by atoms with Gasteiger partial charge in [-0.25, -0.2) is 9.59 Å². The third kappa shape index (κ3) is 7.73. The van der Waals surface area contributed by atoms with Crippen molar-refractivity contribution in [1.82, 2.24) is 15.1 Å². The molecule has 3 rings (SSSR count). The molecule has 0 bridgehead atoms. The number of likely N-dealkylation sites (tertiary alicyclic amines) is 2. The Bertz CT molecular complexity index is 703. The van der Waals surface area contributed by atoms with E-state index in [0.717, 1.165) is 57.4 Å². The Morgan fingerprint density at radius 1 is 1.00 bits per heavy atom. The molecule has 1 aromatic rings. The first-order chi connectivity index (χ1) is 14.8. The van der Waals surface area contributed by atoms with Crippen molar-refractivity contribution in [3.05, 3.63) is 35.9 Å². The van der Waals surface area contributed by atoms with Gasteiger partial charge in [0, 0.05) is 25.7 Å². The number of benzene rings is 1. The van der Waals surface area contributed by atoms with Crippen LogP contribution in [-0.4, -0.2) is 66.4 Å². The molecule has 2 fully saturated rings. The quantitative estimate of drug-likeness (QED) is 0.762. The summed E-state index contributed by atoms with van der Waals surface area (Å²) in [5.74, 6) is 0.497. The first kappa shape index (κ1) is 23.4. The number of piperidine rings is 2. The number of hydrogen-bond acceptors (Lipinski definition) is 5. The van der Waals surface area contributed by atoms with E-state index in [-0.39, 0.29) is 12.2 Å². The second kappa shape index (κ2) is 10.8.